The highest BCUT2D eigenvalue weighted by atomic mass is 14.9. The van der Waals surface area contributed by atoms with Gasteiger partial charge in [0.25, 0.3) is 0 Å². The zero-order valence-electron chi connectivity index (χ0n) is 11.2. The van der Waals surface area contributed by atoms with E-state index in [1.165, 1.54) is 23.2 Å². The summed E-state index contributed by atoms with van der Waals surface area (Å²) < 4.78 is 0. The third-order valence-electron chi connectivity index (χ3n) is 3.19. The minimum atomic E-state index is 0.385. The van der Waals surface area contributed by atoms with Gasteiger partial charge < -0.3 is 5.32 Å². The normalized spacial score (nSPS) is 14.8. The summed E-state index contributed by atoms with van der Waals surface area (Å²) in [4.78, 5) is 4.60. The lowest BCUT2D eigenvalue weighted by Gasteiger charge is -2.25. The van der Waals surface area contributed by atoms with Crippen LogP contribution in [0.2, 0.25) is 0 Å². The van der Waals surface area contributed by atoms with E-state index in [2.05, 4.69) is 51.0 Å². The van der Waals surface area contributed by atoms with Crippen molar-refractivity contribution in [2.75, 3.05) is 6.54 Å². The largest absolute Gasteiger partial charge is 0.309 e. The lowest BCUT2D eigenvalue weighted by Crippen LogP contribution is -2.28. The molecular formula is C14H24N2. The van der Waals surface area contributed by atoms with Crippen LogP contribution in [0.3, 0.4) is 0 Å². The second kappa shape index (κ2) is 6.00. The van der Waals surface area contributed by atoms with E-state index in [4.69, 9.17) is 0 Å². The fraction of sp³-hybridized carbons (Fsp3) is 0.643. The highest BCUT2D eigenvalue weighted by Crippen LogP contribution is 2.25. The third kappa shape index (κ3) is 3.05. The summed E-state index contributed by atoms with van der Waals surface area (Å²) in [7, 11) is 0. The van der Waals surface area contributed by atoms with Gasteiger partial charge in [0.2, 0.25) is 0 Å². The smallest absolute Gasteiger partial charge is 0.0605 e. The number of hydrogen-bond donors (Lipinski definition) is 1. The quantitative estimate of drug-likeness (QED) is 0.822. The Balaban J connectivity index is 3.00. The average Bonchev–Trinajstić information content (AvgIpc) is 2.26. The van der Waals surface area contributed by atoms with Gasteiger partial charge in [-0.2, -0.15) is 0 Å². The summed E-state index contributed by atoms with van der Waals surface area (Å²) >= 11 is 0. The summed E-state index contributed by atoms with van der Waals surface area (Å²) in [6, 6.07) is 2.60. The summed E-state index contributed by atoms with van der Waals surface area (Å²) in [6.07, 6.45) is 3.14. The van der Waals surface area contributed by atoms with Gasteiger partial charge in [-0.1, -0.05) is 33.3 Å². The fourth-order valence-corrected chi connectivity index (χ4v) is 2.07. The van der Waals surface area contributed by atoms with Gasteiger partial charge in [-0.3, -0.25) is 4.98 Å². The summed E-state index contributed by atoms with van der Waals surface area (Å²) in [5.74, 6) is 0.619. The van der Waals surface area contributed by atoms with E-state index in [0.717, 1.165) is 6.54 Å². The number of hydrogen-bond acceptors (Lipinski definition) is 2. The van der Waals surface area contributed by atoms with E-state index in [-0.39, 0.29) is 0 Å². The Bertz CT molecular complexity index is 334. The van der Waals surface area contributed by atoms with Gasteiger partial charge >= 0.3 is 0 Å². The van der Waals surface area contributed by atoms with Crippen molar-refractivity contribution >= 4 is 0 Å². The van der Waals surface area contributed by atoms with Crippen LogP contribution in [-0.4, -0.2) is 11.5 Å². The first-order valence-corrected chi connectivity index (χ1v) is 6.26. The molecular weight excluding hydrogens is 196 g/mol. The van der Waals surface area contributed by atoms with Gasteiger partial charge in [0.15, 0.2) is 0 Å². The molecule has 0 saturated carbocycles. The van der Waals surface area contributed by atoms with Gasteiger partial charge in [0, 0.05) is 6.20 Å². The van der Waals surface area contributed by atoms with E-state index < -0.39 is 0 Å². The molecule has 1 heterocycles. The van der Waals surface area contributed by atoms with Crippen LogP contribution >= 0.6 is 0 Å². The molecule has 90 valence electrons. The second-order valence-electron chi connectivity index (χ2n) is 4.64. The van der Waals surface area contributed by atoms with Crippen LogP contribution in [0.25, 0.3) is 0 Å². The van der Waals surface area contributed by atoms with Crippen LogP contribution in [0.1, 0.15) is 50.1 Å². The van der Waals surface area contributed by atoms with E-state index in [1.54, 1.807) is 0 Å². The molecule has 0 aliphatic rings. The zero-order valence-corrected chi connectivity index (χ0v) is 11.2. The SMILES string of the molecule is CCNC(c1ncc(C)cc1C)C(C)CC. The van der Waals surface area contributed by atoms with Crippen LogP contribution in [0.5, 0.6) is 0 Å². The number of rotatable bonds is 5. The third-order valence-corrected chi connectivity index (χ3v) is 3.19. The lowest BCUT2D eigenvalue weighted by atomic mass is 9.93. The molecule has 1 rings (SSSR count). The molecule has 0 aliphatic heterocycles. The van der Waals surface area contributed by atoms with Gasteiger partial charge in [-0.15, -0.1) is 0 Å². The van der Waals surface area contributed by atoms with Crippen molar-refractivity contribution in [1.29, 1.82) is 0 Å². The maximum absolute atomic E-state index is 4.60. The van der Waals surface area contributed by atoms with E-state index in [9.17, 15) is 0 Å². The van der Waals surface area contributed by atoms with Gasteiger partial charge in [-0.05, 0) is 37.4 Å². The highest BCUT2D eigenvalue weighted by Gasteiger charge is 2.19. The van der Waals surface area contributed by atoms with Crippen molar-refractivity contribution in [2.24, 2.45) is 5.92 Å². The maximum atomic E-state index is 4.60. The van der Waals surface area contributed by atoms with Crippen molar-refractivity contribution in [3.8, 4) is 0 Å². The van der Waals surface area contributed by atoms with Crippen molar-refractivity contribution in [3.63, 3.8) is 0 Å². The molecule has 0 saturated heterocycles. The molecule has 1 N–H and O–H groups in total. The fourth-order valence-electron chi connectivity index (χ4n) is 2.07. The van der Waals surface area contributed by atoms with Crippen molar-refractivity contribution in [3.05, 3.63) is 29.1 Å². The first-order chi connectivity index (χ1) is 7.60. The number of pyridine rings is 1. The molecule has 0 spiro atoms. The minimum Gasteiger partial charge on any atom is -0.309 e. The Labute approximate surface area is 99.5 Å². The number of nitrogens with zero attached hydrogens (tertiary/aromatic N) is 1. The molecule has 0 bridgehead atoms. The minimum absolute atomic E-state index is 0.385. The molecule has 0 aromatic carbocycles. The molecule has 2 nitrogen and oxygen atoms in total. The predicted octanol–water partition coefficient (Wildman–Crippen LogP) is 3.40. The van der Waals surface area contributed by atoms with Crippen molar-refractivity contribution < 1.29 is 0 Å². The predicted molar refractivity (Wildman–Crippen MR) is 69.6 cm³/mol. The van der Waals surface area contributed by atoms with E-state index >= 15 is 0 Å². The second-order valence-corrected chi connectivity index (χ2v) is 4.64. The molecule has 16 heavy (non-hydrogen) atoms. The Morgan fingerprint density at radius 1 is 1.31 bits per heavy atom. The first-order valence-electron chi connectivity index (χ1n) is 6.26. The Kier molecular flexibility index (Phi) is 4.94. The maximum Gasteiger partial charge on any atom is 0.0605 e. The highest BCUT2D eigenvalue weighted by molar-refractivity contribution is 5.26. The van der Waals surface area contributed by atoms with Crippen LogP contribution < -0.4 is 5.32 Å². The molecule has 1 aromatic heterocycles. The Hall–Kier alpha value is -0.890. The Morgan fingerprint density at radius 3 is 2.50 bits per heavy atom. The number of nitrogens with one attached hydrogen (secondary N) is 1. The molecule has 2 atom stereocenters. The molecule has 2 heteroatoms. The zero-order chi connectivity index (χ0) is 12.1. The van der Waals surface area contributed by atoms with Crippen LogP contribution in [0.4, 0.5) is 0 Å². The van der Waals surface area contributed by atoms with Crippen molar-refractivity contribution in [2.45, 2.75) is 47.1 Å². The molecule has 0 aliphatic carbocycles. The van der Waals surface area contributed by atoms with Crippen LogP contribution in [0.15, 0.2) is 12.3 Å². The molecule has 0 radical (unpaired) electrons. The van der Waals surface area contributed by atoms with E-state index in [0.29, 0.717) is 12.0 Å². The molecule has 0 fully saturated rings. The van der Waals surface area contributed by atoms with Gasteiger partial charge in [0.1, 0.15) is 0 Å². The molecule has 0 amide bonds. The molecule has 2 unspecified atom stereocenters. The van der Waals surface area contributed by atoms with Crippen LogP contribution in [-0.2, 0) is 0 Å². The molecule has 1 aromatic rings. The van der Waals surface area contributed by atoms with Gasteiger partial charge in [-0.25, -0.2) is 0 Å². The number of aryl methyl sites for hydroxylation is 2. The standard InChI is InChI=1S/C14H24N2/c1-6-11(4)13(15-7-2)14-12(5)8-10(3)9-16-14/h8-9,11,13,15H,6-7H2,1-5H3. The average molecular weight is 220 g/mol. The lowest BCUT2D eigenvalue weighted by molar-refractivity contribution is 0.375. The Morgan fingerprint density at radius 2 is 2.00 bits per heavy atom. The monoisotopic (exact) mass is 220 g/mol. The van der Waals surface area contributed by atoms with Gasteiger partial charge in [0.05, 0.1) is 11.7 Å². The summed E-state index contributed by atoms with van der Waals surface area (Å²) in [5, 5.41) is 3.55. The first kappa shape index (κ1) is 13.2. The summed E-state index contributed by atoms with van der Waals surface area (Å²) in [6.45, 7) is 11.9. The topological polar surface area (TPSA) is 24.9 Å². The van der Waals surface area contributed by atoms with E-state index in [1.807, 2.05) is 6.20 Å². The van der Waals surface area contributed by atoms with Crippen molar-refractivity contribution in [1.82, 2.24) is 10.3 Å². The van der Waals surface area contributed by atoms with Crippen LogP contribution in [0, 0.1) is 19.8 Å². The summed E-state index contributed by atoms with van der Waals surface area (Å²) in [5.41, 5.74) is 3.74. The number of aromatic nitrogens is 1.